The number of rotatable bonds is 3. The first-order chi connectivity index (χ1) is 8.97. The van der Waals surface area contributed by atoms with Crippen LogP contribution in [0.4, 0.5) is 8.78 Å². The van der Waals surface area contributed by atoms with Gasteiger partial charge in [0, 0.05) is 14.2 Å². The molecule has 0 radical (unpaired) electrons. The highest BCUT2D eigenvalue weighted by atomic mass is 79.9. The Labute approximate surface area is 121 Å². The molecule has 6 heteroatoms. The lowest BCUT2D eigenvalue weighted by molar-refractivity contribution is 0.0943. The van der Waals surface area contributed by atoms with Crippen LogP contribution >= 0.6 is 27.3 Å². The molecule has 1 amide bonds. The number of hydrogen-bond donors (Lipinski definition) is 1. The van der Waals surface area contributed by atoms with Gasteiger partial charge < -0.3 is 5.32 Å². The van der Waals surface area contributed by atoms with Gasteiger partial charge in [0.1, 0.15) is 17.2 Å². The number of carbonyl (C=O) groups is 1. The van der Waals surface area contributed by atoms with Gasteiger partial charge >= 0.3 is 0 Å². The Morgan fingerprint density at radius 1 is 1.32 bits per heavy atom. The van der Waals surface area contributed by atoms with E-state index < -0.39 is 23.1 Å². The summed E-state index contributed by atoms with van der Waals surface area (Å²) in [6.45, 7) is 2.20. The number of nitrogens with one attached hydrogen (secondary N) is 1. The van der Waals surface area contributed by atoms with Crippen LogP contribution in [0, 0.1) is 18.6 Å². The lowest BCUT2D eigenvalue weighted by atomic mass is 10.2. The summed E-state index contributed by atoms with van der Waals surface area (Å²) in [6.07, 6.45) is 0. The standard InChI is InChI=1S/C13H10BrF2NOS/c1-7-2-3-9(19-7)6-17-13(18)12-10(15)4-8(14)5-11(12)16/h2-5H,6H2,1H3,(H,17,18). The number of aryl methyl sites for hydroxylation is 1. The van der Waals surface area contributed by atoms with E-state index in [1.165, 1.54) is 11.3 Å². The lowest BCUT2D eigenvalue weighted by Gasteiger charge is -2.06. The quantitative estimate of drug-likeness (QED) is 0.893. The number of thiophene rings is 1. The molecule has 0 fully saturated rings. The maximum atomic E-state index is 13.6. The fourth-order valence-electron chi connectivity index (χ4n) is 1.60. The van der Waals surface area contributed by atoms with Crippen LogP contribution in [0.3, 0.4) is 0 Å². The molecule has 0 aliphatic rings. The molecule has 1 aromatic heterocycles. The van der Waals surface area contributed by atoms with Gasteiger partial charge in [-0.15, -0.1) is 11.3 Å². The minimum absolute atomic E-state index is 0.256. The van der Waals surface area contributed by atoms with Crippen molar-refractivity contribution in [3.8, 4) is 0 Å². The van der Waals surface area contributed by atoms with Gasteiger partial charge in [-0.2, -0.15) is 0 Å². The molecule has 0 saturated heterocycles. The third-order valence-corrected chi connectivity index (χ3v) is 3.91. The average Bonchev–Trinajstić information content (AvgIpc) is 2.71. The molecule has 0 spiro atoms. The van der Waals surface area contributed by atoms with Gasteiger partial charge in [-0.25, -0.2) is 8.78 Å². The largest absolute Gasteiger partial charge is 0.347 e. The number of hydrogen-bond acceptors (Lipinski definition) is 2. The first-order valence-corrected chi connectivity index (χ1v) is 7.06. The fourth-order valence-corrected chi connectivity index (χ4v) is 2.83. The molecule has 19 heavy (non-hydrogen) atoms. The van der Waals surface area contributed by atoms with E-state index in [-0.39, 0.29) is 11.0 Å². The van der Waals surface area contributed by atoms with Crippen LogP contribution in [0.1, 0.15) is 20.1 Å². The van der Waals surface area contributed by atoms with Crippen LogP contribution in [0.25, 0.3) is 0 Å². The summed E-state index contributed by atoms with van der Waals surface area (Å²) in [7, 11) is 0. The van der Waals surface area contributed by atoms with Crippen LogP contribution < -0.4 is 5.32 Å². The predicted molar refractivity (Wildman–Crippen MR) is 74.3 cm³/mol. The Hall–Kier alpha value is -1.27. The molecule has 0 aliphatic carbocycles. The molecule has 100 valence electrons. The van der Waals surface area contributed by atoms with E-state index in [1.807, 2.05) is 19.1 Å². The van der Waals surface area contributed by atoms with Gasteiger partial charge in [-0.1, -0.05) is 15.9 Å². The van der Waals surface area contributed by atoms with Gasteiger partial charge in [-0.3, -0.25) is 4.79 Å². The van der Waals surface area contributed by atoms with E-state index in [2.05, 4.69) is 21.2 Å². The minimum atomic E-state index is -0.883. The zero-order valence-electron chi connectivity index (χ0n) is 9.97. The first-order valence-electron chi connectivity index (χ1n) is 5.45. The second kappa shape index (κ2) is 5.79. The van der Waals surface area contributed by atoms with Crippen LogP contribution in [0.2, 0.25) is 0 Å². The third kappa shape index (κ3) is 3.39. The molecular formula is C13H10BrF2NOS. The van der Waals surface area contributed by atoms with E-state index in [0.29, 0.717) is 0 Å². The zero-order chi connectivity index (χ0) is 14.0. The molecule has 0 unspecified atom stereocenters. The molecule has 1 N–H and O–H groups in total. The van der Waals surface area contributed by atoms with Crippen molar-refractivity contribution in [1.82, 2.24) is 5.32 Å². The molecule has 0 bridgehead atoms. The summed E-state index contributed by atoms with van der Waals surface area (Å²) in [5, 5.41) is 2.51. The molecule has 0 aliphatic heterocycles. The van der Waals surface area contributed by atoms with E-state index in [0.717, 1.165) is 21.9 Å². The number of benzene rings is 1. The first kappa shape index (κ1) is 14.1. The molecule has 1 heterocycles. The maximum Gasteiger partial charge on any atom is 0.257 e. The summed E-state index contributed by atoms with van der Waals surface area (Å²) in [4.78, 5) is 13.8. The zero-order valence-corrected chi connectivity index (χ0v) is 12.4. The molecular weight excluding hydrogens is 336 g/mol. The minimum Gasteiger partial charge on any atom is -0.347 e. The van der Waals surface area contributed by atoms with Crippen molar-refractivity contribution in [2.75, 3.05) is 0 Å². The van der Waals surface area contributed by atoms with Crippen molar-refractivity contribution in [3.05, 3.63) is 55.7 Å². The van der Waals surface area contributed by atoms with Gasteiger partial charge in [-0.05, 0) is 31.2 Å². The van der Waals surface area contributed by atoms with E-state index in [4.69, 9.17) is 0 Å². The molecule has 2 aromatic rings. The maximum absolute atomic E-state index is 13.6. The predicted octanol–water partition coefficient (Wildman–Crippen LogP) is 4.03. The highest BCUT2D eigenvalue weighted by molar-refractivity contribution is 9.10. The molecule has 0 saturated carbocycles. The van der Waals surface area contributed by atoms with Gasteiger partial charge in [0.15, 0.2) is 0 Å². The summed E-state index contributed by atoms with van der Waals surface area (Å²) in [5.41, 5.74) is -0.559. The normalized spacial score (nSPS) is 10.5. The number of halogens is 3. The lowest BCUT2D eigenvalue weighted by Crippen LogP contribution is -2.24. The van der Waals surface area contributed by atoms with Gasteiger partial charge in [0.25, 0.3) is 5.91 Å². The Morgan fingerprint density at radius 2 is 1.95 bits per heavy atom. The molecule has 2 rings (SSSR count). The molecule has 2 nitrogen and oxygen atoms in total. The molecule has 1 aromatic carbocycles. The van der Waals surface area contributed by atoms with Crippen LogP contribution in [0.15, 0.2) is 28.7 Å². The van der Waals surface area contributed by atoms with Crippen LogP contribution in [-0.2, 0) is 6.54 Å². The second-order valence-electron chi connectivity index (χ2n) is 3.94. The summed E-state index contributed by atoms with van der Waals surface area (Å²) < 4.78 is 27.4. The number of carbonyl (C=O) groups excluding carboxylic acids is 1. The van der Waals surface area contributed by atoms with E-state index >= 15 is 0 Å². The Kier molecular flexibility index (Phi) is 4.31. The SMILES string of the molecule is Cc1ccc(CNC(=O)c2c(F)cc(Br)cc2F)s1. The topological polar surface area (TPSA) is 29.1 Å². The van der Waals surface area contributed by atoms with Crippen LogP contribution in [-0.4, -0.2) is 5.91 Å². The van der Waals surface area contributed by atoms with Crippen molar-refractivity contribution in [1.29, 1.82) is 0 Å². The summed E-state index contributed by atoms with van der Waals surface area (Å²) in [5.74, 6) is -2.52. The van der Waals surface area contributed by atoms with Crippen molar-refractivity contribution < 1.29 is 13.6 Å². The average molecular weight is 346 g/mol. The van der Waals surface area contributed by atoms with Crippen molar-refractivity contribution in [2.24, 2.45) is 0 Å². The Morgan fingerprint density at radius 3 is 2.47 bits per heavy atom. The fraction of sp³-hybridized carbons (Fsp3) is 0.154. The van der Waals surface area contributed by atoms with Gasteiger partial charge in [0.2, 0.25) is 0 Å². The Balaban J connectivity index is 2.12. The summed E-state index contributed by atoms with van der Waals surface area (Å²) in [6, 6.07) is 5.92. The monoisotopic (exact) mass is 345 g/mol. The molecule has 0 atom stereocenters. The van der Waals surface area contributed by atoms with Crippen molar-refractivity contribution in [3.63, 3.8) is 0 Å². The van der Waals surface area contributed by atoms with E-state index in [9.17, 15) is 13.6 Å². The highest BCUT2D eigenvalue weighted by Crippen LogP contribution is 2.20. The third-order valence-electron chi connectivity index (χ3n) is 2.45. The Bertz CT molecular complexity index is 604. The highest BCUT2D eigenvalue weighted by Gasteiger charge is 2.18. The van der Waals surface area contributed by atoms with E-state index in [1.54, 1.807) is 0 Å². The smallest absolute Gasteiger partial charge is 0.257 e. The van der Waals surface area contributed by atoms with Gasteiger partial charge in [0.05, 0.1) is 6.54 Å². The second-order valence-corrected chi connectivity index (χ2v) is 6.23. The van der Waals surface area contributed by atoms with Crippen molar-refractivity contribution >= 4 is 33.2 Å². The van der Waals surface area contributed by atoms with Crippen LogP contribution in [0.5, 0.6) is 0 Å². The van der Waals surface area contributed by atoms with Crippen molar-refractivity contribution in [2.45, 2.75) is 13.5 Å². The summed E-state index contributed by atoms with van der Waals surface area (Å²) >= 11 is 4.49. The number of amides is 1.